The first-order chi connectivity index (χ1) is 20.0. The van der Waals surface area contributed by atoms with Crippen LogP contribution in [0.3, 0.4) is 0 Å². The summed E-state index contributed by atoms with van der Waals surface area (Å²) in [5.74, 6) is 0.550. The van der Waals surface area contributed by atoms with E-state index in [1.165, 1.54) is 58.0 Å². The molecule has 42 heavy (non-hydrogen) atoms. The van der Waals surface area contributed by atoms with Gasteiger partial charge in [-0.3, -0.25) is 0 Å². The van der Waals surface area contributed by atoms with Crippen LogP contribution in [-0.4, -0.2) is 7.05 Å². The first kappa shape index (κ1) is 36.9. The molecule has 2 N–H and O–H groups in total. The molecule has 0 aliphatic heterocycles. The van der Waals surface area contributed by atoms with Gasteiger partial charge in [-0.15, -0.1) is 6.58 Å². The average Bonchev–Trinajstić information content (AvgIpc) is 3.24. The van der Waals surface area contributed by atoms with E-state index in [1.54, 1.807) is 0 Å². The molecule has 2 aliphatic carbocycles. The zero-order valence-electron chi connectivity index (χ0n) is 28.7. The smallest absolute Gasteiger partial charge is 0.0115 e. The summed E-state index contributed by atoms with van der Waals surface area (Å²) in [4.78, 5) is 0. The fraction of sp³-hybridized carbons (Fsp3) is 0.415. The van der Waals surface area contributed by atoms with Gasteiger partial charge in [0.1, 0.15) is 0 Å². The monoisotopic (exact) mass is 565 g/mol. The Morgan fingerprint density at radius 2 is 1.40 bits per heavy atom. The maximum absolute atomic E-state index is 4.50. The molecule has 0 saturated heterocycles. The molecule has 0 bridgehead atoms. The van der Waals surface area contributed by atoms with E-state index in [9.17, 15) is 0 Å². The van der Waals surface area contributed by atoms with Crippen LogP contribution >= 0.6 is 0 Å². The van der Waals surface area contributed by atoms with Gasteiger partial charge in [-0.2, -0.15) is 0 Å². The molecular formula is C41H59N. The second-order valence-electron chi connectivity index (χ2n) is 11.9. The van der Waals surface area contributed by atoms with Crippen molar-refractivity contribution in [1.82, 2.24) is 0 Å². The lowest BCUT2D eigenvalue weighted by molar-refractivity contribution is 0.403. The molecule has 1 heteroatoms. The standard InChI is InChI=1S/C23H26.C12H14.C3H8.C2H6.CH5N/c1-6-17-13-19(18-10-8-7-9-11-18)14-22-21(17)15-20(12-16(2)3)23(22,4)5;1-4-10-9-7-5-6-8-11(9)12(10,2)3;1-3-2;2*1-2/h7-14H,2,6,15H2,1,3-5H3;4-8,10H,1H2,2-3H3;3H2,1-2H3;1-2H3;2H2,1H3/b20-12+;;;;. The number of rotatable bonds is 4. The van der Waals surface area contributed by atoms with Crippen LogP contribution < -0.4 is 5.73 Å². The molecule has 0 fully saturated rings. The summed E-state index contributed by atoms with van der Waals surface area (Å²) in [6.45, 7) is 29.8. The lowest BCUT2D eigenvalue weighted by Gasteiger charge is -2.45. The summed E-state index contributed by atoms with van der Waals surface area (Å²) < 4.78 is 0. The molecular weight excluding hydrogens is 506 g/mol. The SMILES string of the molecule is C=C(C)/C=C1\Cc2c(CC)cc(-c3ccccc3)cc2C1(C)C.C=CC1c2ccccc2C1(C)C.CC.CCC.CN. The molecule has 5 rings (SSSR count). The molecule has 0 aromatic heterocycles. The second kappa shape index (κ2) is 17.1. The van der Waals surface area contributed by atoms with Crippen LogP contribution in [0, 0.1) is 0 Å². The van der Waals surface area contributed by atoms with Gasteiger partial charge < -0.3 is 5.73 Å². The molecule has 0 spiro atoms. The third-order valence-electron chi connectivity index (χ3n) is 8.10. The minimum Gasteiger partial charge on any atom is -0.333 e. The largest absolute Gasteiger partial charge is 0.333 e. The summed E-state index contributed by atoms with van der Waals surface area (Å²) in [5.41, 5.74) is 17.6. The first-order valence-corrected chi connectivity index (χ1v) is 15.9. The quantitative estimate of drug-likeness (QED) is 0.313. The predicted octanol–water partition coefficient (Wildman–Crippen LogP) is 11.5. The Kier molecular flexibility index (Phi) is 15.0. The molecule has 2 aliphatic rings. The van der Waals surface area contributed by atoms with Crippen LogP contribution in [0.25, 0.3) is 11.1 Å². The van der Waals surface area contributed by atoms with Gasteiger partial charge in [-0.05, 0) is 71.8 Å². The van der Waals surface area contributed by atoms with Crippen LogP contribution in [-0.2, 0) is 23.7 Å². The normalized spacial score (nSPS) is 17.0. The third kappa shape index (κ3) is 8.23. The average molecular weight is 566 g/mol. The lowest BCUT2D eigenvalue weighted by atomic mass is 9.58. The van der Waals surface area contributed by atoms with Gasteiger partial charge in [0.15, 0.2) is 0 Å². The van der Waals surface area contributed by atoms with Crippen molar-refractivity contribution in [3.63, 3.8) is 0 Å². The van der Waals surface area contributed by atoms with Gasteiger partial charge in [0.2, 0.25) is 0 Å². The van der Waals surface area contributed by atoms with Crippen molar-refractivity contribution in [1.29, 1.82) is 0 Å². The molecule has 1 nitrogen and oxygen atoms in total. The van der Waals surface area contributed by atoms with Gasteiger partial charge in [0.25, 0.3) is 0 Å². The zero-order chi connectivity index (χ0) is 32.1. The van der Waals surface area contributed by atoms with Crippen LogP contribution in [0.4, 0.5) is 0 Å². The highest BCUT2D eigenvalue weighted by atomic mass is 14.4. The van der Waals surface area contributed by atoms with Crippen LogP contribution in [0.2, 0.25) is 0 Å². The fourth-order valence-corrected chi connectivity index (χ4v) is 5.98. The fourth-order valence-electron chi connectivity index (χ4n) is 5.98. The maximum atomic E-state index is 4.50. The minimum absolute atomic E-state index is 0.0863. The number of benzene rings is 3. The summed E-state index contributed by atoms with van der Waals surface area (Å²) in [7, 11) is 1.50. The molecule has 0 heterocycles. The lowest BCUT2D eigenvalue weighted by Crippen LogP contribution is -2.36. The molecule has 1 atom stereocenters. The van der Waals surface area contributed by atoms with E-state index >= 15 is 0 Å². The van der Waals surface area contributed by atoms with Crippen molar-refractivity contribution in [3.05, 3.63) is 131 Å². The third-order valence-corrected chi connectivity index (χ3v) is 8.10. The van der Waals surface area contributed by atoms with Crippen molar-refractivity contribution >= 4 is 0 Å². The van der Waals surface area contributed by atoms with E-state index in [1.807, 2.05) is 13.8 Å². The summed E-state index contributed by atoms with van der Waals surface area (Å²) in [6.07, 6.45) is 7.73. The van der Waals surface area contributed by atoms with Gasteiger partial charge in [0.05, 0.1) is 0 Å². The minimum atomic E-state index is 0.0863. The second-order valence-corrected chi connectivity index (χ2v) is 11.9. The van der Waals surface area contributed by atoms with E-state index in [0.29, 0.717) is 11.3 Å². The molecule has 1 unspecified atom stereocenters. The van der Waals surface area contributed by atoms with Gasteiger partial charge >= 0.3 is 0 Å². The van der Waals surface area contributed by atoms with Crippen LogP contribution in [0.15, 0.2) is 103 Å². The Morgan fingerprint density at radius 1 is 0.857 bits per heavy atom. The number of aryl methyl sites for hydroxylation is 1. The van der Waals surface area contributed by atoms with E-state index < -0.39 is 0 Å². The molecule has 3 aromatic carbocycles. The van der Waals surface area contributed by atoms with Crippen LogP contribution in [0.1, 0.15) is 109 Å². The van der Waals surface area contributed by atoms with E-state index in [-0.39, 0.29) is 5.41 Å². The molecule has 3 aromatic rings. The number of fused-ring (bicyclic) bond motifs is 2. The summed E-state index contributed by atoms with van der Waals surface area (Å²) in [6, 6.07) is 24.1. The summed E-state index contributed by atoms with van der Waals surface area (Å²) in [5, 5.41) is 0. The molecule has 228 valence electrons. The number of nitrogens with two attached hydrogens (primary N) is 1. The highest BCUT2D eigenvalue weighted by Gasteiger charge is 2.42. The number of allylic oxidation sites excluding steroid dienone is 4. The highest BCUT2D eigenvalue weighted by molar-refractivity contribution is 5.69. The van der Waals surface area contributed by atoms with E-state index in [2.05, 4.69) is 153 Å². The first-order valence-electron chi connectivity index (χ1n) is 15.9. The Bertz CT molecular complexity index is 1300. The van der Waals surface area contributed by atoms with Gasteiger partial charge in [0, 0.05) is 16.7 Å². The van der Waals surface area contributed by atoms with Gasteiger partial charge in [-0.25, -0.2) is 0 Å². The Labute approximate surface area is 259 Å². The molecule has 0 amide bonds. The topological polar surface area (TPSA) is 26.0 Å². The van der Waals surface area contributed by atoms with Crippen molar-refractivity contribution < 1.29 is 0 Å². The van der Waals surface area contributed by atoms with Gasteiger partial charge in [-0.1, -0.05) is 159 Å². The Balaban J connectivity index is 0.000000389. The number of hydrogen-bond acceptors (Lipinski definition) is 1. The van der Waals surface area contributed by atoms with Crippen molar-refractivity contribution in [3.8, 4) is 11.1 Å². The molecule has 0 saturated carbocycles. The summed E-state index contributed by atoms with van der Waals surface area (Å²) >= 11 is 0. The zero-order valence-corrected chi connectivity index (χ0v) is 28.7. The molecule has 0 radical (unpaired) electrons. The number of hydrogen-bond donors (Lipinski definition) is 1. The van der Waals surface area contributed by atoms with Crippen molar-refractivity contribution in [2.45, 2.75) is 105 Å². The maximum Gasteiger partial charge on any atom is 0.0115 e. The predicted molar refractivity (Wildman–Crippen MR) is 191 cm³/mol. The van der Waals surface area contributed by atoms with E-state index in [4.69, 9.17) is 0 Å². The highest BCUT2D eigenvalue weighted by Crippen LogP contribution is 2.51. The van der Waals surface area contributed by atoms with E-state index in [0.717, 1.165) is 18.4 Å². The Morgan fingerprint density at radius 3 is 1.93 bits per heavy atom. The van der Waals surface area contributed by atoms with Crippen molar-refractivity contribution in [2.24, 2.45) is 5.73 Å². The van der Waals surface area contributed by atoms with Crippen molar-refractivity contribution in [2.75, 3.05) is 7.05 Å². The van der Waals surface area contributed by atoms with Crippen LogP contribution in [0.5, 0.6) is 0 Å². The Hall–Kier alpha value is -3.16.